The molecule has 2 aliphatic carbocycles. The standard InChI is InChI=1S/C20H24N2O4S/c1-13(18-12-14-4-5-15(18)11-14)22-27(24,25)17-8-6-16(7-9-17)21-20(23)19-3-2-10-26-19/h2-3,6-10,13-15,18,22H,4-5,11-12H2,1H3,(H,21,23). The van der Waals surface area contributed by atoms with E-state index in [0.717, 1.165) is 12.3 Å². The number of amides is 1. The Kier molecular flexibility index (Phi) is 4.82. The Balaban J connectivity index is 1.40. The maximum absolute atomic E-state index is 12.7. The zero-order chi connectivity index (χ0) is 19.0. The van der Waals surface area contributed by atoms with Crippen molar-refractivity contribution in [1.29, 1.82) is 0 Å². The molecule has 1 aromatic carbocycles. The predicted octanol–water partition coefficient (Wildman–Crippen LogP) is 3.63. The van der Waals surface area contributed by atoms with E-state index in [0.29, 0.717) is 17.5 Å². The molecule has 0 radical (unpaired) electrons. The highest BCUT2D eigenvalue weighted by molar-refractivity contribution is 7.89. The van der Waals surface area contributed by atoms with Gasteiger partial charge in [0.1, 0.15) is 0 Å². The summed E-state index contributed by atoms with van der Waals surface area (Å²) in [6.07, 6.45) is 6.33. The second-order valence-corrected chi connectivity index (χ2v) is 9.42. The van der Waals surface area contributed by atoms with E-state index in [1.54, 1.807) is 24.3 Å². The monoisotopic (exact) mass is 388 g/mol. The summed E-state index contributed by atoms with van der Waals surface area (Å²) in [7, 11) is -3.58. The number of rotatable bonds is 6. The summed E-state index contributed by atoms with van der Waals surface area (Å²) in [5.41, 5.74) is 0.511. The fourth-order valence-electron chi connectivity index (χ4n) is 4.62. The Morgan fingerprint density at radius 2 is 1.93 bits per heavy atom. The molecule has 2 bridgehead atoms. The highest BCUT2D eigenvalue weighted by atomic mass is 32.2. The third kappa shape index (κ3) is 3.80. The van der Waals surface area contributed by atoms with Crippen molar-refractivity contribution in [3.8, 4) is 0 Å². The second-order valence-electron chi connectivity index (χ2n) is 7.70. The molecule has 6 nitrogen and oxygen atoms in total. The number of sulfonamides is 1. The lowest BCUT2D eigenvalue weighted by Crippen LogP contribution is -2.40. The van der Waals surface area contributed by atoms with Crippen LogP contribution < -0.4 is 10.0 Å². The van der Waals surface area contributed by atoms with Crippen molar-refractivity contribution in [2.75, 3.05) is 5.32 Å². The van der Waals surface area contributed by atoms with E-state index in [-0.39, 0.29) is 22.6 Å². The van der Waals surface area contributed by atoms with Gasteiger partial charge in [0.2, 0.25) is 10.0 Å². The van der Waals surface area contributed by atoms with Crippen LogP contribution in [-0.2, 0) is 10.0 Å². The molecular weight excluding hydrogens is 364 g/mol. The molecule has 0 spiro atoms. The molecule has 27 heavy (non-hydrogen) atoms. The Morgan fingerprint density at radius 3 is 2.52 bits per heavy atom. The molecule has 2 saturated carbocycles. The summed E-state index contributed by atoms with van der Waals surface area (Å²) in [4.78, 5) is 12.2. The van der Waals surface area contributed by atoms with Gasteiger partial charge in [-0.3, -0.25) is 4.79 Å². The average Bonchev–Trinajstić information content (AvgIpc) is 3.39. The Hall–Kier alpha value is -2.12. The lowest BCUT2D eigenvalue weighted by molar-refractivity contribution is 0.0996. The average molecular weight is 388 g/mol. The van der Waals surface area contributed by atoms with Crippen molar-refractivity contribution < 1.29 is 17.6 Å². The summed E-state index contributed by atoms with van der Waals surface area (Å²) in [5.74, 6) is 1.70. The minimum absolute atomic E-state index is 0.0661. The van der Waals surface area contributed by atoms with Gasteiger partial charge in [-0.1, -0.05) is 6.42 Å². The van der Waals surface area contributed by atoms with E-state index in [1.807, 2.05) is 6.92 Å². The Labute approximate surface area is 159 Å². The van der Waals surface area contributed by atoms with E-state index >= 15 is 0 Å². The molecule has 4 unspecified atom stereocenters. The molecule has 2 N–H and O–H groups in total. The molecule has 2 aromatic rings. The first-order valence-corrected chi connectivity index (χ1v) is 10.9. The Bertz CT molecular complexity index is 906. The van der Waals surface area contributed by atoms with Crippen LogP contribution >= 0.6 is 0 Å². The fraction of sp³-hybridized carbons (Fsp3) is 0.450. The van der Waals surface area contributed by atoms with E-state index < -0.39 is 10.0 Å². The number of nitrogens with one attached hydrogen (secondary N) is 2. The highest BCUT2D eigenvalue weighted by Crippen LogP contribution is 2.49. The molecule has 1 amide bonds. The lowest BCUT2D eigenvalue weighted by Gasteiger charge is -2.28. The zero-order valence-electron chi connectivity index (χ0n) is 15.2. The van der Waals surface area contributed by atoms with Gasteiger partial charge in [0, 0.05) is 11.7 Å². The molecule has 0 saturated heterocycles. The number of hydrogen-bond acceptors (Lipinski definition) is 4. The largest absolute Gasteiger partial charge is 0.459 e. The van der Waals surface area contributed by atoms with Crippen molar-refractivity contribution in [3.05, 3.63) is 48.4 Å². The van der Waals surface area contributed by atoms with Gasteiger partial charge in [-0.15, -0.1) is 0 Å². The summed E-state index contributed by atoms with van der Waals surface area (Å²) >= 11 is 0. The molecule has 7 heteroatoms. The van der Waals surface area contributed by atoms with Crippen molar-refractivity contribution in [2.24, 2.45) is 17.8 Å². The topological polar surface area (TPSA) is 88.4 Å². The van der Waals surface area contributed by atoms with Gasteiger partial charge in [-0.25, -0.2) is 13.1 Å². The molecular formula is C20H24N2O4S. The van der Waals surface area contributed by atoms with E-state index in [9.17, 15) is 13.2 Å². The van der Waals surface area contributed by atoms with E-state index in [4.69, 9.17) is 4.42 Å². The smallest absolute Gasteiger partial charge is 0.291 e. The number of hydrogen-bond donors (Lipinski definition) is 2. The van der Waals surface area contributed by atoms with Crippen molar-refractivity contribution in [2.45, 2.75) is 43.5 Å². The van der Waals surface area contributed by atoms with Crippen molar-refractivity contribution in [1.82, 2.24) is 4.72 Å². The van der Waals surface area contributed by atoms with E-state index in [1.165, 1.54) is 37.7 Å². The van der Waals surface area contributed by atoms with Crippen molar-refractivity contribution in [3.63, 3.8) is 0 Å². The third-order valence-electron chi connectivity index (χ3n) is 5.94. The molecule has 0 aliphatic heterocycles. The molecule has 1 heterocycles. The van der Waals surface area contributed by atoms with Crippen molar-refractivity contribution >= 4 is 21.6 Å². The van der Waals surface area contributed by atoms with Crippen LogP contribution in [0.1, 0.15) is 43.2 Å². The van der Waals surface area contributed by atoms with Crippen LogP contribution in [0.4, 0.5) is 5.69 Å². The zero-order valence-corrected chi connectivity index (χ0v) is 16.0. The van der Waals surface area contributed by atoms with Crippen LogP contribution in [0.5, 0.6) is 0 Å². The van der Waals surface area contributed by atoms with Gasteiger partial charge < -0.3 is 9.73 Å². The van der Waals surface area contributed by atoms with Crippen LogP contribution in [0.25, 0.3) is 0 Å². The molecule has 144 valence electrons. The molecule has 4 rings (SSSR count). The number of anilines is 1. The second kappa shape index (κ2) is 7.13. The molecule has 2 fully saturated rings. The first kappa shape index (κ1) is 18.3. The first-order chi connectivity index (χ1) is 12.9. The van der Waals surface area contributed by atoms with Crippen LogP contribution in [0, 0.1) is 17.8 Å². The van der Waals surface area contributed by atoms with Gasteiger partial charge in [0.15, 0.2) is 5.76 Å². The summed E-state index contributed by atoms with van der Waals surface area (Å²) < 4.78 is 33.3. The summed E-state index contributed by atoms with van der Waals surface area (Å²) in [5, 5.41) is 2.68. The molecule has 1 aromatic heterocycles. The first-order valence-electron chi connectivity index (χ1n) is 9.39. The number of benzene rings is 1. The van der Waals surface area contributed by atoms with Crippen LogP contribution in [0.2, 0.25) is 0 Å². The highest BCUT2D eigenvalue weighted by Gasteiger charge is 2.42. The summed E-state index contributed by atoms with van der Waals surface area (Å²) in [6.45, 7) is 1.97. The van der Waals surface area contributed by atoms with Crippen LogP contribution in [0.3, 0.4) is 0 Å². The Morgan fingerprint density at radius 1 is 1.15 bits per heavy atom. The number of carbonyl (C=O) groups excluding carboxylic acids is 1. The predicted molar refractivity (Wildman–Crippen MR) is 102 cm³/mol. The van der Waals surface area contributed by atoms with Gasteiger partial charge in [-0.2, -0.15) is 0 Å². The van der Waals surface area contributed by atoms with Crippen LogP contribution in [-0.4, -0.2) is 20.4 Å². The summed E-state index contributed by atoms with van der Waals surface area (Å²) in [6, 6.07) is 9.31. The fourth-order valence-corrected chi connectivity index (χ4v) is 5.92. The maximum atomic E-state index is 12.7. The number of carbonyl (C=O) groups is 1. The van der Waals surface area contributed by atoms with Crippen LogP contribution in [0.15, 0.2) is 52.0 Å². The SMILES string of the molecule is CC(NS(=O)(=O)c1ccc(NC(=O)c2ccco2)cc1)C1CC2CCC1C2. The molecule has 2 aliphatic rings. The minimum Gasteiger partial charge on any atom is -0.459 e. The van der Waals surface area contributed by atoms with Gasteiger partial charge in [0.25, 0.3) is 5.91 Å². The normalized spacial score (nSPS) is 25.4. The number of fused-ring (bicyclic) bond motifs is 2. The minimum atomic E-state index is -3.58. The lowest BCUT2D eigenvalue weighted by atomic mass is 9.84. The maximum Gasteiger partial charge on any atom is 0.291 e. The van der Waals surface area contributed by atoms with Gasteiger partial charge in [-0.05, 0) is 80.3 Å². The quantitative estimate of drug-likeness (QED) is 0.791. The molecule has 4 atom stereocenters. The third-order valence-corrected chi connectivity index (χ3v) is 7.52. The van der Waals surface area contributed by atoms with E-state index in [2.05, 4.69) is 10.0 Å². The number of furan rings is 1. The van der Waals surface area contributed by atoms with Gasteiger partial charge >= 0.3 is 0 Å². The van der Waals surface area contributed by atoms with Gasteiger partial charge in [0.05, 0.1) is 11.2 Å².